The summed E-state index contributed by atoms with van der Waals surface area (Å²) < 4.78 is 39.0. The van der Waals surface area contributed by atoms with Crippen molar-refractivity contribution in [2.45, 2.75) is 13.1 Å². The summed E-state index contributed by atoms with van der Waals surface area (Å²) in [5.41, 5.74) is 2.29. The van der Waals surface area contributed by atoms with Crippen molar-refractivity contribution in [3.8, 4) is 0 Å². The van der Waals surface area contributed by atoms with Crippen molar-refractivity contribution in [2.24, 2.45) is 0 Å². The molecule has 0 radical (unpaired) electrons. The van der Waals surface area contributed by atoms with Gasteiger partial charge in [-0.3, -0.25) is 4.79 Å². The van der Waals surface area contributed by atoms with Gasteiger partial charge in [-0.25, -0.2) is 12.8 Å². The summed E-state index contributed by atoms with van der Waals surface area (Å²) in [6.07, 6.45) is 1.01. The largest absolute Gasteiger partial charge is 0.369 e. The lowest BCUT2D eigenvalue weighted by Crippen LogP contribution is -2.44. The van der Waals surface area contributed by atoms with Gasteiger partial charge in [0.2, 0.25) is 15.9 Å². The van der Waals surface area contributed by atoms with Gasteiger partial charge in [0.1, 0.15) is 5.82 Å². The zero-order valence-corrected chi connectivity index (χ0v) is 18.7. The number of amides is 1. The first kappa shape index (κ1) is 23.2. The third-order valence-electron chi connectivity index (χ3n) is 5.39. The highest BCUT2D eigenvalue weighted by Crippen LogP contribution is 2.17. The van der Waals surface area contributed by atoms with E-state index in [1.165, 1.54) is 18.2 Å². The normalized spacial score (nSPS) is 15.3. The number of carbonyl (C=O) groups is 1. The van der Waals surface area contributed by atoms with Crippen LogP contribution in [-0.4, -0.2) is 69.6 Å². The first-order chi connectivity index (χ1) is 14.7. The highest BCUT2D eigenvalue weighted by atomic mass is 32.2. The van der Waals surface area contributed by atoms with E-state index >= 15 is 0 Å². The lowest BCUT2D eigenvalue weighted by molar-refractivity contribution is -0.121. The van der Waals surface area contributed by atoms with Crippen LogP contribution in [-0.2, 0) is 27.9 Å². The molecular formula is C22H29FN4O3S. The average molecular weight is 449 g/mol. The molecule has 1 amide bonds. The number of hydrogen-bond acceptors (Lipinski definition) is 5. The second-order valence-electron chi connectivity index (χ2n) is 7.86. The Morgan fingerprint density at radius 1 is 1.06 bits per heavy atom. The zero-order valence-electron chi connectivity index (χ0n) is 17.9. The molecule has 0 aromatic heterocycles. The summed E-state index contributed by atoms with van der Waals surface area (Å²) in [4.78, 5) is 17.0. The first-order valence-electron chi connectivity index (χ1n) is 10.2. The summed E-state index contributed by atoms with van der Waals surface area (Å²) in [6, 6.07) is 13.9. The van der Waals surface area contributed by atoms with Gasteiger partial charge in [0, 0.05) is 50.5 Å². The maximum atomic E-state index is 13.9. The predicted molar refractivity (Wildman–Crippen MR) is 120 cm³/mol. The van der Waals surface area contributed by atoms with Gasteiger partial charge in [0.15, 0.2) is 0 Å². The lowest BCUT2D eigenvalue weighted by atomic mass is 10.1. The molecule has 2 aromatic rings. The molecule has 2 aromatic carbocycles. The first-order valence-corrected chi connectivity index (χ1v) is 12.0. The fraction of sp³-hybridized carbons (Fsp3) is 0.409. The summed E-state index contributed by atoms with van der Waals surface area (Å²) in [6.45, 7) is 3.75. The van der Waals surface area contributed by atoms with Crippen LogP contribution in [0.25, 0.3) is 0 Å². The molecule has 0 spiro atoms. The minimum atomic E-state index is -3.68. The summed E-state index contributed by atoms with van der Waals surface area (Å²) >= 11 is 0. The van der Waals surface area contributed by atoms with Gasteiger partial charge in [-0.05, 0) is 30.8 Å². The Morgan fingerprint density at radius 2 is 1.71 bits per heavy atom. The van der Waals surface area contributed by atoms with Crippen LogP contribution >= 0.6 is 0 Å². The number of hydrogen-bond donors (Lipinski definition) is 1. The number of halogens is 1. The van der Waals surface area contributed by atoms with Crippen molar-refractivity contribution in [1.82, 2.24) is 14.5 Å². The van der Waals surface area contributed by atoms with Crippen molar-refractivity contribution >= 4 is 21.6 Å². The second-order valence-corrected chi connectivity index (χ2v) is 9.84. The van der Waals surface area contributed by atoms with E-state index in [1.54, 1.807) is 6.07 Å². The quantitative estimate of drug-likeness (QED) is 0.665. The number of likely N-dealkylation sites (N-methyl/N-ethyl adjacent to an activating group) is 1. The molecule has 0 bridgehead atoms. The minimum Gasteiger partial charge on any atom is -0.369 e. The number of carbonyl (C=O) groups excluding carboxylic acids is 1. The molecule has 0 atom stereocenters. The fourth-order valence-electron chi connectivity index (χ4n) is 3.41. The SMILES string of the molecule is CN1CCN(c2ccc(CNC(=O)CN(Cc3ccccc3F)S(C)(=O)=O)cc2)CC1. The number of piperazine rings is 1. The lowest BCUT2D eigenvalue weighted by Gasteiger charge is -2.34. The van der Waals surface area contributed by atoms with Gasteiger partial charge in [-0.15, -0.1) is 0 Å². The molecule has 0 aliphatic carbocycles. The molecule has 1 saturated heterocycles. The van der Waals surface area contributed by atoms with Crippen molar-refractivity contribution in [3.05, 3.63) is 65.5 Å². The van der Waals surface area contributed by atoms with Crippen LogP contribution in [0.5, 0.6) is 0 Å². The van der Waals surface area contributed by atoms with Gasteiger partial charge in [-0.1, -0.05) is 30.3 Å². The molecule has 168 valence electrons. The topological polar surface area (TPSA) is 73.0 Å². The zero-order chi connectivity index (χ0) is 22.4. The Morgan fingerprint density at radius 3 is 2.32 bits per heavy atom. The number of sulfonamides is 1. The Labute approximate surface area is 183 Å². The Balaban J connectivity index is 1.54. The van der Waals surface area contributed by atoms with E-state index in [1.807, 2.05) is 24.3 Å². The minimum absolute atomic E-state index is 0.196. The number of nitrogens with one attached hydrogen (secondary N) is 1. The molecule has 9 heteroatoms. The second kappa shape index (κ2) is 10.2. The highest BCUT2D eigenvalue weighted by molar-refractivity contribution is 7.88. The van der Waals surface area contributed by atoms with Crippen molar-refractivity contribution < 1.29 is 17.6 Å². The number of nitrogens with zero attached hydrogens (tertiary/aromatic N) is 3. The van der Waals surface area contributed by atoms with E-state index < -0.39 is 21.7 Å². The van der Waals surface area contributed by atoms with Crippen molar-refractivity contribution in [2.75, 3.05) is 50.9 Å². The highest BCUT2D eigenvalue weighted by Gasteiger charge is 2.21. The van der Waals surface area contributed by atoms with Crippen LogP contribution in [0.1, 0.15) is 11.1 Å². The van der Waals surface area contributed by atoms with E-state index in [9.17, 15) is 17.6 Å². The molecular weight excluding hydrogens is 419 g/mol. The standard InChI is InChI=1S/C22H29FN4O3S/c1-25-11-13-26(14-12-25)20-9-7-18(8-10-20)15-24-22(28)17-27(31(2,29)30)16-19-5-3-4-6-21(19)23/h3-10H,11-17H2,1-2H3,(H,24,28). The van der Waals surface area contributed by atoms with E-state index in [-0.39, 0.29) is 18.7 Å². The molecule has 0 saturated carbocycles. The number of rotatable bonds is 8. The third kappa shape index (κ3) is 6.75. The predicted octanol–water partition coefficient (Wildman–Crippen LogP) is 1.66. The van der Waals surface area contributed by atoms with Crippen LogP contribution < -0.4 is 10.2 Å². The van der Waals surface area contributed by atoms with Crippen LogP contribution in [0.2, 0.25) is 0 Å². The molecule has 1 aliphatic heterocycles. The van der Waals surface area contributed by atoms with Crippen LogP contribution in [0.3, 0.4) is 0 Å². The van der Waals surface area contributed by atoms with Crippen LogP contribution in [0.15, 0.2) is 48.5 Å². The van der Waals surface area contributed by atoms with Gasteiger partial charge in [0.25, 0.3) is 0 Å². The monoisotopic (exact) mass is 448 g/mol. The molecule has 1 heterocycles. The summed E-state index contributed by atoms with van der Waals surface area (Å²) in [7, 11) is -1.57. The Bertz CT molecular complexity index is 990. The van der Waals surface area contributed by atoms with E-state index in [4.69, 9.17) is 0 Å². The molecule has 3 rings (SSSR count). The maximum absolute atomic E-state index is 13.9. The maximum Gasteiger partial charge on any atom is 0.235 e. The van der Waals surface area contributed by atoms with Gasteiger partial charge in [0.05, 0.1) is 12.8 Å². The van der Waals surface area contributed by atoms with Crippen molar-refractivity contribution in [1.29, 1.82) is 0 Å². The molecule has 1 N–H and O–H groups in total. The molecule has 7 nitrogen and oxygen atoms in total. The van der Waals surface area contributed by atoms with Crippen molar-refractivity contribution in [3.63, 3.8) is 0 Å². The average Bonchev–Trinajstić information content (AvgIpc) is 2.73. The number of benzene rings is 2. The van der Waals surface area contributed by atoms with Gasteiger partial charge < -0.3 is 15.1 Å². The van der Waals surface area contributed by atoms with E-state index in [0.29, 0.717) is 6.54 Å². The molecule has 0 unspecified atom stereocenters. The van der Waals surface area contributed by atoms with Gasteiger partial charge in [-0.2, -0.15) is 4.31 Å². The smallest absolute Gasteiger partial charge is 0.235 e. The van der Waals surface area contributed by atoms with Crippen LogP contribution in [0.4, 0.5) is 10.1 Å². The Hall–Kier alpha value is -2.49. The molecule has 1 fully saturated rings. The molecule has 1 aliphatic rings. The Kier molecular flexibility index (Phi) is 7.64. The molecule has 31 heavy (non-hydrogen) atoms. The van der Waals surface area contributed by atoms with E-state index in [2.05, 4.69) is 22.2 Å². The third-order valence-corrected chi connectivity index (χ3v) is 6.58. The fourth-order valence-corrected chi connectivity index (χ4v) is 4.14. The summed E-state index contributed by atoms with van der Waals surface area (Å²) in [5.74, 6) is -0.943. The van der Waals surface area contributed by atoms with E-state index in [0.717, 1.165) is 48.0 Å². The van der Waals surface area contributed by atoms with Crippen LogP contribution in [0, 0.1) is 5.82 Å². The number of anilines is 1. The summed E-state index contributed by atoms with van der Waals surface area (Å²) in [5, 5.41) is 2.75. The van der Waals surface area contributed by atoms with Gasteiger partial charge >= 0.3 is 0 Å².